The molecule has 27 heavy (non-hydrogen) atoms. The Morgan fingerprint density at radius 2 is 1.96 bits per heavy atom. The van der Waals surface area contributed by atoms with Gasteiger partial charge in [0.05, 0.1) is 4.92 Å². The Morgan fingerprint density at radius 1 is 1.22 bits per heavy atom. The summed E-state index contributed by atoms with van der Waals surface area (Å²) in [6.45, 7) is 0.736. The van der Waals surface area contributed by atoms with E-state index in [-0.39, 0.29) is 11.3 Å². The number of nitro benzene ring substituents is 1. The number of anilines is 1. The van der Waals surface area contributed by atoms with E-state index in [9.17, 15) is 24.8 Å². The summed E-state index contributed by atoms with van der Waals surface area (Å²) >= 11 is 0. The number of nitro groups is 1. The van der Waals surface area contributed by atoms with Crippen molar-refractivity contribution in [1.82, 2.24) is 4.90 Å². The average molecular weight is 369 g/mol. The lowest BCUT2D eigenvalue weighted by atomic mass is 10.1. The maximum Gasteiger partial charge on any atom is 0.326 e. The minimum atomic E-state index is -1.06. The Kier molecular flexibility index (Phi) is 5.35. The van der Waals surface area contributed by atoms with Gasteiger partial charge in [-0.25, -0.2) is 4.79 Å². The van der Waals surface area contributed by atoms with Gasteiger partial charge in [0.15, 0.2) is 0 Å². The van der Waals surface area contributed by atoms with Gasteiger partial charge in [0.2, 0.25) is 0 Å². The summed E-state index contributed by atoms with van der Waals surface area (Å²) in [7, 11) is 0. The number of carbonyl (C=O) groups excluding carboxylic acids is 1. The second kappa shape index (κ2) is 7.86. The molecule has 1 heterocycles. The second-order valence-electron chi connectivity index (χ2n) is 6.32. The SMILES string of the molecule is O=C(O)[C@@H]1CCCN1C(=O)c1ccc(NCc2ccccc2)c([N+](=O)[O-])c1. The number of benzene rings is 2. The second-order valence-corrected chi connectivity index (χ2v) is 6.32. The first-order valence-electron chi connectivity index (χ1n) is 8.57. The lowest BCUT2D eigenvalue weighted by Crippen LogP contribution is -2.40. The minimum Gasteiger partial charge on any atom is -0.480 e. The monoisotopic (exact) mass is 369 g/mol. The molecule has 0 aromatic heterocycles. The molecule has 2 aromatic rings. The number of amides is 1. The standard InChI is InChI=1S/C19H19N3O5/c23-18(21-10-4-7-16(21)19(24)25)14-8-9-15(17(11-14)22(26)27)20-12-13-5-2-1-3-6-13/h1-3,5-6,8-9,11,16,20H,4,7,10,12H2,(H,24,25)/t16-/m0/s1. The summed E-state index contributed by atoms with van der Waals surface area (Å²) in [5.74, 6) is -1.56. The fourth-order valence-electron chi connectivity index (χ4n) is 3.19. The van der Waals surface area contributed by atoms with Gasteiger partial charge in [0.25, 0.3) is 11.6 Å². The van der Waals surface area contributed by atoms with Crippen molar-refractivity contribution in [1.29, 1.82) is 0 Å². The number of carbonyl (C=O) groups is 2. The number of nitrogens with one attached hydrogen (secondary N) is 1. The van der Waals surface area contributed by atoms with E-state index in [1.165, 1.54) is 23.1 Å². The van der Waals surface area contributed by atoms with Crippen LogP contribution < -0.4 is 5.32 Å². The number of rotatable bonds is 6. The van der Waals surface area contributed by atoms with Gasteiger partial charge in [-0.1, -0.05) is 30.3 Å². The van der Waals surface area contributed by atoms with Crippen molar-refractivity contribution in [2.75, 3.05) is 11.9 Å². The van der Waals surface area contributed by atoms with Crippen molar-refractivity contribution >= 4 is 23.3 Å². The molecule has 8 heteroatoms. The molecule has 8 nitrogen and oxygen atoms in total. The summed E-state index contributed by atoms with van der Waals surface area (Å²) in [5.41, 5.74) is 1.16. The molecule has 3 rings (SSSR count). The van der Waals surface area contributed by atoms with Crippen molar-refractivity contribution in [3.8, 4) is 0 Å². The molecule has 2 aromatic carbocycles. The highest BCUT2D eigenvalue weighted by Gasteiger charge is 2.35. The maximum absolute atomic E-state index is 12.6. The molecule has 0 unspecified atom stereocenters. The van der Waals surface area contributed by atoms with Crippen LogP contribution >= 0.6 is 0 Å². The van der Waals surface area contributed by atoms with Crippen LogP contribution in [0, 0.1) is 10.1 Å². The summed E-state index contributed by atoms with van der Waals surface area (Å²) in [5, 5.41) is 23.7. The van der Waals surface area contributed by atoms with Gasteiger partial charge in [0.1, 0.15) is 11.7 Å². The zero-order valence-corrected chi connectivity index (χ0v) is 14.5. The smallest absolute Gasteiger partial charge is 0.326 e. The predicted octanol–water partition coefficient (Wildman–Crippen LogP) is 2.90. The fraction of sp³-hybridized carbons (Fsp3) is 0.263. The number of hydrogen-bond acceptors (Lipinski definition) is 5. The van der Waals surface area contributed by atoms with E-state index in [0.29, 0.717) is 31.6 Å². The summed E-state index contributed by atoms with van der Waals surface area (Å²) in [6.07, 6.45) is 0.987. The van der Waals surface area contributed by atoms with Gasteiger partial charge in [-0.3, -0.25) is 14.9 Å². The van der Waals surface area contributed by atoms with Crippen LogP contribution in [0.2, 0.25) is 0 Å². The van der Waals surface area contributed by atoms with Crippen LogP contribution in [-0.2, 0) is 11.3 Å². The largest absolute Gasteiger partial charge is 0.480 e. The highest BCUT2D eigenvalue weighted by Crippen LogP contribution is 2.28. The van der Waals surface area contributed by atoms with Gasteiger partial charge >= 0.3 is 5.97 Å². The lowest BCUT2D eigenvalue weighted by Gasteiger charge is -2.21. The van der Waals surface area contributed by atoms with Crippen molar-refractivity contribution < 1.29 is 19.6 Å². The van der Waals surface area contributed by atoms with E-state index in [4.69, 9.17) is 0 Å². The number of hydrogen-bond donors (Lipinski definition) is 2. The summed E-state index contributed by atoms with van der Waals surface area (Å²) < 4.78 is 0. The average Bonchev–Trinajstić information content (AvgIpc) is 3.16. The molecular formula is C19H19N3O5. The highest BCUT2D eigenvalue weighted by atomic mass is 16.6. The molecule has 1 fully saturated rings. The molecule has 1 amide bonds. The van der Waals surface area contributed by atoms with E-state index >= 15 is 0 Å². The molecule has 0 aliphatic carbocycles. The molecule has 0 saturated carbocycles. The number of aliphatic carboxylic acids is 1. The Balaban J connectivity index is 1.82. The van der Waals surface area contributed by atoms with E-state index in [0.717, 1.165) is 5.56 Å². The van der Waals surface area contributed by atoms with Crippen molar-refractivity contribution in [2.24, 2.45) is 0 Å². The summed E-state index contributed by atoms with van der Waals surface area (Å²) in [4.78, 5) is 36.1. The Labute approximate surface area is 155 Å². The predicted molar refractivity (Wildman–Crippen MR) is 98.6 cm³/mol. The van der Waals surface area contributed by atoms with Gasteiger partial charge in [-0.05, 0) is 30.5 Å². The maximum atomic E-state index is 12.6. The molecule has 0 spiro atoms. The topological polar surface area (TPSA) is 113 Å². The van der Waals surface area contributed by atoms with Crippen LogP contribution in [0.1, 0.15) is 28.8 Å². The minimum absolute atomic E-state index is 0.111. The van der Waals surface area contributed by atoms with Crippen LogP contribution in [-0.4, -0.2) is 39.4 Å². The normalized spacial score (nSPS) is 16.1. The lowest BCUT2D eigenvalue weighted by molar-refractivity contribution is -0.384. The number of carboxylic acid groups (broad SMARTS) is 1. The Hall–Kier alpha value is -3.42. The van der Waals surface area contributed by atoms with E-state index in [2.05, 4.69) is 5.32 Å². The fourth-order valence-corrected chi connectivity index (χ4v) is 3.19. The number of nitrogens with zero attached hydrogens (tertiary/aromatic N) is 2. The van der Waals surface area contributed by atoms with E-state index in [1.807, 2.05) is 30.3 Å². The first kappa shape index (κ1) is 18.4. The molecule has 1 aliphatic rings. The number of carboxylic acids is 1. The quantitative estimate of drug-likeness (QED) is 0.598. The first-order chi connectivity index (χ1) is 13.0. The van der Waals surface area contributed by atoms with Crippen molar-refractivity contribution in [3.05, 3.63) is 69.8 Å². The van der Waals surface area contributed by atoms with Crippen molar-refractivity contribution in [3.63, 3.8) is 0 Å². The molecular weight excluding hydrogens is 350 g/mol. The molecule has 140 valence electrons. The van der Waals surface area contributed by atoms with Crippen LogP contribution in [0.4, 0.5) is 11.4 Å². The molecule has 0 bridgehead atoms. The Morgan fingerprint density at radius 3 is 2.63 bits per heavy atom. The molecule has 0 radical (unpaired) electrons. The van der Waals surface area contributed by atoms with Crippen LogP contribution in [0.3, 0.4) is 0 Å². The van der Waals surface area contributed by atoms with E-state index in [1.54, 1.807) is 0 Å². The molecule has 1 aliphatic heterocycles. The van der Waals surface area contributed by atoms with Gasteiger partial charge in [-0.2, -0.15) is 0 Å². The zero-order valence-electron chi connectivity index (χ0n) is 14.5. The van der Waals surface area contributed by atoms with Crippen LogP contribution in [0.15, 0.2) is 48.5 Å². The third kappa shape index (κ3) is 4.05. The molecule has 1 saturated heterocycles. The van der Waals surface area contributed by atoms with Gasteiger partial charge < -0.3 is 15.3 Å². The zero-order chi connectivity index (χ0) is 19.4. The van der Waals surface area contributed by atoms with Gasteiger partial charge in [-0.15, -0.1) is 0 Å². The van der Waals surface area contributed by atoms with Crippen molar-refractivity contribution in [2.45, 2.75) is 25.4 Å². The number of likely N-dealkylation sites (tertiary alicyclic amines) is 1. The highest BCUT2D eigenvalue weighted by molar-refractivity contribution is 5.98. The first-order valence-corrected chi connectivity index (χ1v) is 8.57. The molecule has 2 N–H and O–H groups in total. The van der Waals surface area contributed by atoms with Crippen LogP contribution in [0.5, 0.6) is 0 Å². The third-order valence-electron chi connectivity index (χ3n) is 4.57. The Bertz CT molecular complexity index is 869. The third-order valence-corrected chi connectivity index (χ3v) is 4.57. The van der Waals surface area contributed by atoms with Crippen LogP contribution in [0.25, 0.3) is 0 Å². The van der Waals surface area contributed by atoms with E-state index < -0.39 is 22.8 Å². The van der Waals surface area contributed by atoms with Gasteiger partial charge in [0, 0.05) is 24.7 Å². The summed E-state index contributed by atoms with van der Waals surface area (Å²) in [6, 6.07) is 12.7. The molecule has 1 atom stereocenters.